The van der Waals surface area contributed by atoms with Gasteiger partial charge in [0.15, 0.2) is 0 Å². The number of amides is 1. The Labute approximate surface area is 104 Å². The van der Waals surface area contributed by atoms with Crippen molar-refractivity contribution in [3.8, 4) is 0 Å². The van der Waals surface area contributed by atoms with Gasteiger partial charge in [-0.15, -0.1) is 0 Å². The van der Waals surface area contributed by atoms with Crippen LogP contribution < -0.4 is 5.73 Å². The number of hydrogen-bond donors (Lipinski definition) is 1. The van der Waals surface area contributed by atoms with E-state index in [2.05, 4.69) is 4.90 Å². The number of rotatable bonds is 6. The summed E-state index contributed by atoms with van der Waals surface area (Å²) in [6, 6.07) is 0. The molecule has 1 fully saturated rings. The van der Waals surface area contributed by atoms with Crippen molar-refractivity contribution in [2.24, 2.45) is 5.73 Å². The van der Waals surface area contributed by atoms with Crippen LogP contribution in [0.5, 0.6) is 0 Å². The average molecular weight is 243 g/mol. The first-order valence-electron chi connectivity index (χ1n) is 6.56. The molecule has 0 aromatic rings. The number of nitrogens with zero attached hydrogens (tertiary/aromatic N) is 2. The van der Waals surface area contributed by atoms with Crippen LogP contribution in [0, 0.1) is 0 Å². The average Bonchev–Trinajstić information content (AvgIpc) is 2.55. The van der Waals surface area contributed by atoms with Crippen molar-refractivity contribution in [2.75, 3.05) is 52.5 Å². The van der Waals surface area contributed by atoms with E-state index in [0.717, 1.165) is 39.1 Å². The van der Waals surface area contributed by atoms with E-state index in [4.69, 9.17) is 10.5 Å². The molecule has 1 rings (SSSR count). The summed E-state index contributed by atoms with van der Waals surface area (Å²) in [6.07, 6.45) is 1.55. The van der Waals surface area contributed by atoms with Gasteiger partial charge in [0.05, 0.1) is 13.0 Å². The lowest BCUT2D eigenvalue weighted by Crippen LogP contribution is -2.36. The van der Waals surface area contributed by atoms with E-state index < -0.39 is 0 Å². The predicted molar refractivity (Wildman–Crippen MR) is 67.8 cm³/mol. The van der Waals surface area contributed by atoms with Crippen molar-refractivity contribution >= 4 is 5.91 Å². The van der Waals surface area contributed by atoms with Gasteiger partial charge in [-0.2, -0.15) is 0 Å². The second-order valence-electron chi connectivity index (χ2n) is 4.31. The Kier molecular flexibility index (Phi) is 7.16. The maximum Gasteiger partial charge on any atom is 0.224 e. The van der Waals surface area contributed by atoms with Crippen molar-refractivity contribution < 1.29 is 9.53 Å². The van der Waals surface area contributed by atoms with Crippen LogP contribution in [0.3, 0.4) is 0 Å². The van der Waals surface area contributed by atoms with Crippen molar-refractivity contribution in [2.45, 2.75) is 19.8 Å². The summed E-state index contributed by atoms with van der Waals surface area (Å²) in [4.78, 5) is 16.2. The SMILES string of the molecule is CCOCCC(=O)N1CCCN(CCN)CC1. The molecule has 0 aromatic heterocycles. The van der Waals surface area contributed by atoms with Crippen molar-refractivity contribution in [3.05, 3.63) is 0 Å². The zero-order valence-corrected chi connectivity index (χ0v) is 10.9. The Balaban J connectivity index is 2.27. The summed E-state index contributed by atoms with van der Waals surface area (Å²) in [5, 5.41) is 0. The minimum atomic E-state index is 0.216. The molecule has 1 amide bonds. The lowest BCUT2D eigenvalue weighted by Gasteiger charge is -2.21. The Morgan fingerprint density at radius 3 is 2.82 bits per heavy atom. The van der Waals surface area contributed by atoms with Gasteiger partial charge in [-0.3, -0.25) is 4.79 Å². The Morgan fingerprint density at radius 2 is 2.12 bits per heavy atom. The van der Waals surface area contributed by atoms with E-state index in [9.17, 15) is 4.79 Å². The second kappa shape index (κ2) is 8.44. The fraction of sp³-hybridized carbons (Fsp3) is 0.917. The third-order valence-electron chi connectivity index (χ3n) is 3.05. The van der Waals surface area contributed by atoms with E-state index in [1.807, 2.05) is 11.8 Å². The summed E-state index contributed by atoms with van der Waals surface area (Å²) in [7, 11) is 0. The first-order chi connectivity index (χ1) is 8.27. The Hall–Kier alpha value is -0.650. The molecule has 1 saturated heterocycles. The summed E-state index contributed by atoms with van der Waals surface area (Å²) >= 11 is 0. The van der Waals surface area contributed by atoms with Crippen LogP contribution in [0.15, 0.2) is 0 Å². The standard InChI is InChI=1S/C12H25N3O2/c1-2-17-11-4-12(16)15-7-3-6-14(8-5-13)9-10-15/h2-11,13H2,1H3. The summed E-state index contributed by atoms with van der Waals surface area (Å²) in [6.45, 7) is 8.47. The van der Waals surface area contributed by atoms with Crippen LogP contribution in [0.25, 0.3) is 0 Å². The summed E-state index contributed by atoms with van der Waals surface area (Å²) in [5.41, 5.74) is 5.55. The molecule has 1 aliphatic heterocycles. The van der Waals surface area contributed by atoms with Gasteiger partial charge in [0, 0.05) is 39.3 Å². The molecule has 5 heteroatoms. The quantitative estimate of drug-likeness (QED) is 0.662. The van der Waals surface area contributed by atoms with E-state index in [0.29, 0.717) is 26.2 Å². The lowest BCUT2D eigenvalue weighted by atomic mass is 10.3. The smallest absolute Gasteiger partial charge is 0.224 e. The van der Waals surface area contributed by atoms with Crippen LogP contribution in [0.4, 0.5) is 0 Å². The molecule has 1 heterocycles. The molecule has 1 aliphatic rings. The van der Waals surface area contributed by atoms with Crippen molar-refractivity contribution in [3.63, 3.8) is 0 Å². The van der Waals surface area contributed by atoms with E-state index >= 15 is 0 Å². The first kappa shape index (κ1) is 14.4. The third-order valence-corrected chi connectivity index (χ3v) is 3.05. The predicted octanol–water partition coefficient (Wildman–Crippen LogP) is -0.0940. The highest BCUT2D eigenvalue weighted by Gasteiger charge is 2.18. The first-order valence-corrected chi connectivity index (χ1v) is 6.56. The van der Waals surface area contributed by atoms with Crippen LogP contribution in [-0.2, 0) is 9.53 Å². The summed E-state index contributed by atoms with van der Waals surface area (Å²) in [5.74, 6) is 0.216. The molecule has 0 aliphatic carbocycles. The molecule has 17 heavy (non-hydrogen) atoms. The molecule has 0 radical (unpaired) electrons. The van der Waals surface area contributed by atoms with Crippen LogP contribution in [0.1, 0.15) is 19.8 Å². The molecule has 100 valence electrons. The monoisotopic (exact) mass is 243 g/mol. The molecular weight excluding hydrogens is 218 g/mol. The Bertz CT molecular complexity index is 224. The highest BCUT2D eigenvalue weighted by atomic mass is 16.5. The zero-order chi connectivity index (χ0) is 12.5. The topological polar surface area (TPSA) is 58.8 Å². The van der Waals surface area contributed by atoms with Crippen LogP contribution in [-0.4, -0.2) is 68.2 Å². The van der Waals surface area contributed by atoms with Gasteiger partial charge < -0.3 is 20.3 Å². The van der Waals surface area contributed by atoms with Crippen molar-refractivity contribution in [1.29, 1.82) is 0 Å². The molecule has 2 N–H and O–H groups in total. The minimum absolute atomic E-state index is 0.216. The van der Waals surface area contributed by atoms with Gasteiger partial charge >= 0.3 is 0 Å². The normalized spacial score (nSPS) is 18.1. The molecule has 0 saturated carbocycles. The van der Waals surface area contributed by atoms with Gasteiger partial charge in [0.25, 0.3) is 0 Å². The minimum Gasteiger partial charge on any atom is -0.381 e. The number of carbonyl (C=O) groups is 1. The van der Waals surface area contributed by atoms with Crippen LogP contribution >= 0.6 is 0 Å². The van der Waals surface area contributed by atoms with Crippen molar-refractivity contribution in [1.82, 2.24) is 9.80 Å². The van der Waals surface area contributed by atoms with E-state index in [1.54, 1.807) is 0 Å². The maximum atomic E-state index is 11.9. The number of nitrogens with two attached hydrogens (primary N) is 1. The fourth-order valence-electron chi connectivity index (χ4n) is 2.09. The number of hydrogen-bond acceptors (Lipinski definition) is 4. The molecular formula is C12H25N3O2. The van der Waals surface area contributed by atoms with Gasteiger partial charge in [-0.05, 0) is 19.9 Å². The zero-order valence-electron chi connectivity index (χ0n) is 10.9. The Morgan fingerprint density at radius 1 is 1.29 bits per heavy atom. The van der Waals surface area contributed by atoms with E-state index in [-0.39, 0.29) is 5.91 Å². The molecule has 0 atom stereocenters. The highest BCUT2D eigenvalue weighted by Crippen LogP contribution is 2.04. The number of ether oxygens (including phenoxy) is 1. The lowest BCUT2D eigenvalue weighted by molar-refractivity contribution is -0.132. The largest absolute Gasteiger partial charge is 0.381 e. The van der Waals surface area contributed by atoms with Gasteiger partial charge in [-0.25, -0.2) is 0 Å². The molecule has 0 aromatic carbocycles. The molecule has 5 nitrogen and oxygen atoms in total. The highest BCUT2D eigenvalue weighted by molar-refractivity contribution is 5.76. The third kappa shape index (κ3) is 5.48. The van der Waals surface area contributed by atoms with Gasteiger partial charge in [0.2, 0.25) is 5.91 Å². The van der Waals surface area contributed by atoms with Gasteiger partial charge in [0.1, 0.15) is 0 Å². The van der Waals surface area contributed by atoms with Gasteiger partial charge in [-0.1, -0.05) is 0 Å². The van der Waals surface area contributed by atoms with Crippen LogP contribution in [0.2, 0.25) is 0 Å². The molecule has 0 bridgehead atoms. The fourth-order valence-corrected chi connectivity index (χ4v) is 2.09. The molecule has 0 spiro atoms. The summed E-state index contributed by atoms with van der Waals surface area (Å²) < 4.78 is 5.21. The maximum absolute atomic E-state index is 11.9. The van der Waals surface area contributed by atoms with E-state index in [1.165, 1.54) is 0 Å². The second-order valence-corrected chi connectivity index (χ2v) is 4.31. The number of carbonyl (C=O) groups excluding carboxylic acids is 1. The molecule has 0 unspecified atom stereocenters.